The number of amides is 1. The van der Waals surface area contributed by atoms with Crippen LogP contribution in [0, 0.1) is 0 Å². The number of hydrogen-bond donors (Lipinski definition) is 1. The molecule has 0 radical (unpaired) electrons. The number of anilines is 1. The maximum Gasteiger partial charge on any atom is 0.416 e. The van der Waals surface area contributed by atoms with Crippen molar-refractivity contribution in [2.24, 2.45) is 0 Å². The fourth-order valence-electron chi connectivity index (χ4n) is 2.09. The Morgan fingerprint density at radius 1 is 1.24 bits per heavy atom. The molecule has 0 aliphatic rings. The van der Waals surface area contributed by atoms with Gasteiger partial charge >= 0.3 is 6.18 Å². The average Bonchev–Trinajstić information content (AvgIpc) is 2.55. The SMILES string of the molecule is CCCOc1cccn(CC(=O)Nc2cccc(C(F)(F)F)c2)c1=O. The summed E-state index contributed by atoms with van der Waals surface area (Å²) in [5.74, 6) is -0.495. The summed E-state index contributed by atoms with van der Waals surface area (Å²) in [5, 5.41) is 2.35. The van der Waals surface area contributed by atoms with E-state index in [9.17, 15) is 22.8 Å². The van der Waals surface area contributed by atoms with E-state index in [2.05, 4.69) is 5.32 Å². The Bertz CT molecular complexity index is 800. The zero-order chi connectivity index (χ0) is 18.4. The maximum atomic E-state index is 12.7. The van der Waals surface area contributed by atoms with Crippen molar-refractivity contribution in [1.29, 1.82) is 0 Å². The molecule has 0 fully saturated rings. The van der Waals surface area contributed by atoms with E-state index in [1.165, 1.54) is 24.4 Å². The molecular weight excluding hydrogens is 337 g/mol. The lowest BCUT2D eigenvalue weighted by Crippen LogP contribution is -2.28. The maximum absolute atomic E-state index is 12.7. The Morgan fingerprint density at radius 3 is 2.68 bits per heavy atom. The summed E-state index contributed by atoms with van der Waals surface area (Å²) in [4.78, 5) is 24.2. The van der Waals surface area contributed by atoms with Crippen LogP contribution in [0.5, 0.6) is 5.75 Å². The monoisotopic (exact) mass is 354 g/mol. The Labute approximate surface area is 142 Å². The lowest BCUT2D eigenvalue weighted by molar-refractivity contribution is -0.137. The van der Waals surface area contributed by atoms with Gasteiger partial charge in [0, 0.05) is 11.9 Å². The third-order valence-electron chi connectivity index (χ3n) is 3.23. The first-order chi connectivity index (χ1) is 11.8. The summed E-state index contributed by atoms with van der Waals surface area (Å²) in [6.45, 7) is 1.93. The first kappa shape index (κ1) is 18.6. The van der Waals surface area contributed by atoms with Gasteiger partial charge in [0.2, 0.25) is 5.91 Å². The van der Waals surface area contributed by atoms with Crippen LogP contribution in [0.1, 0.15) is 18.9 Å². The first-order valence-electron chi connectivity index (χ1n) is 7.60. The molecule has 0 aliphatic heterocycles. The molecule has 1 amide bonds. The van der Waals surface area contributed by atoms with E-state index in [4.69, 9.17) is 4.74 Å². The molecule has 2 aromatic rings. The fourth-order valence-corrected chi connectivity index (χ4v) is 2.09. The number of carbonyl (C=O) groups is 1. The topological polar surface area (TPSA) is 60.3 Å². The second-order valence-electron chi connectivity index (χ2n) is 5.28. The molecule has 0 atom stereocenters. The summed E-state index contributed by atoms with van der Waals surface area (Å²) >= 11 is 0. The van der Waals surface area contributed by atoms with Crippen molar-refractivity contribution in [3.63, 3.8) is 0 Å². The van der Waals surface area contributed by atoms with E-state index in [1.54, 1.807) is 6.07 Å². The molecule has 25 heavy (non-hydrogen) atoms. The molecule has 1 aromatic heterocycles. The number of rotatable bonds is 6. The number of alkyl halides is 3. The van der Waals surface area contributed by atoms with Gasteiger partial charge in [0.25, 0.3) is 5.56 Å². The van der Waals surface area contributed by atoms with E-state index >= 15 is 0 Å². The third-order valence-corrected chi connectivity index (χ3v) is 3.23. The number of carbonyl (C=O) groups excluding carboxylic acids is 1. The largest absolute Gasteiger partial charge is 0.488 e. The van der Waals surface area contributed by atoms with Gasteiger partial charge in [0.1, 0.15) is 6.54 Å². The van der Waals surface area contributed by atoms with Crippen molar-refractivity contribution in [1.82, 2.24) is 4.57 Å². The first-order valence-corrected chi connectivity index (χ1v) is 7.60. The van der Waals surface area contributed by atoms with Crippen LogP contribution in [-0.4, -0.2) is 17.1 Å². The lowest BCUT2D eigenvalue weighted by atomic mass is 10.2. The van der Waals surface area contributed by atoms with Gasteiger partial charge < -0.3 is 14.6 Å². The quantitative estimate of drug-likeness (QED) is 0.866. The van der Waals surface area contributed by atoms with Gasteiger partial charge in [-0.05, 0) is 36.8 Å². The number of ether oxygens (including phenoxy) is 1. The second kappa shape index (κ2) is 7.87. The third kappa shape index (κ3) is 5.10. The number of nitrogens with one attached hydrogen (secondary N) is 1. The lowest BCUT2D eigenvalue weighted by Gasteiger charge is -2.11. The number of halogens is 3. The standard InChI is InChI=1S/C17H17F3N2O3/c1-2-9-25-14-7-4-8-22(16(14)24)11-15(23)21-13-6-3-5-12(10-13)17(18,19)20/h3-8,10H,2,9,11H2,1H3,(H,21,23). The van der Waals surface area contributed by atoms with E-state index in [0.717, 1.165) is 23.1 Å². The number of aromatic nitrogens is 1. The number of hydrogen-bond acceptors (Lipinski definition) is 3. The minimum atomic E-state index is -4.50. The summed E-state index contributed by atoms with van der Waals surface area (Å²) < 4.78 is 44.5. The van der Waals surface area contributed by atoms with Crippen LogP contribution in [0.15, 0.2) is 47.4 Å². The van der Waals surface area contributed by atoms with Crippen molar-refractivity contribution >= 4 is 11.6 Å². The van der Waals surface area contributed by atoms with Crippen molar-refractivity contribution < 1.29 is 22.7 Å². The van der Waals surface area contributed by atoms with Crippen molar-refractivity contribution in [3.05, 3.63) is 58.5 Å². The number of benzene rings is 1. The van der Waals surface area contributed by atoms with Gasteiger partial charge in [-0.1, -0.05) is 13.0 Å². The van der Waals surface area contributed by atoms with Crippen LogP contribution in [0.3, 0.4) is 0 Å². The molecule has 0 unspecified atom stereocenters. The zero-order valence-corrected chi connectivity index (χ0v) is 13.5. The van der Waals surface area contributed by atoms with Gasteiger partial charge in [-0.15, -0.1) is 0 Å². The Morgan fingerprint density at radius 2 is 2.00 bits per heavy atom. The van der Waals surface area contributed by atoms with Crippen LogP contribution < -0.4 is 15.6 Å². The Balaban J connectivity index is 2.10. The number of pyridine rings is 1. The van der Waals surface area contributed by atoms with Crippen LogP contribution in [-0.2, 0) is 17.5 Å². The second-order valence-corrected chi connectivity index (χ2v) is 5.28. The molecule has 0 bridgehead atoms. The van der Waals surface area contributed by atoms with Crippen LogP contribution in [0.25, 0.3) is 0 Å². The van der Waals surface area contributed by atoms with Crippen LogP contribution in [0.2, 0.25) is 0 Å². The normalized spacial score (nSPS) is 11.2. The van der Waals surface area contributed by atoms with Crippen molar-refractivity contribution in [2.75, 3.05) is 11.9 Å². The molecule has 1 N–H and O–H groups in total. The molecule has 1 heterocycles. The van der Waals surface area contributed by atoms with Crippen molar-refractivity contribution in [3.8, 4) is 5.75 Å². The highest BCUT2D eigenvalue weighted by Crippen LogP contribution is 2.30. The molecule has 0 spiro atoms. The highest BCUT2D eigenvalue weighted by Gasteiger charge is 2.30. The Hall–Kier alpha value is -2.77. The average molecular weight is 354 g/mol. The van der Waals surface area contributed by atoms with Gasteiger partial charge in [-0.3, -0.25) is 9.59 Å². The summed E-state index contributed by atoms with van der Waals surface area (Å²) in [5.41, 5.74) is -1.33. The molecule has 5 nitrogen and oxygen atoms in total. The molecular formula is C17H17F3N2O3. The van der Waals surface area contributed by atoms with E-state index < -0.39 is 23.2 Å². The summed E-state index contributed by atoms with van der Waals surface area (Å²) in [6.07, 6.45) is -2.36. The zero-order valence-electron chi connectivity index (χ0n) is 13.5. The predicted octanol–water partition coefficient (Wildman–Crippen LogP) is 3.29. The smallest absolute Gasteiger partial charge is 0.416 e. The minimum absolute atomic E-state index is 0.00580. The molecule has 0 saturated heterocycles. The van der Waals surface area contributed by atoms with Gasteiger partial charge in [0.15, 0.2) is 5.75 Å². The molecule has 0 saturated carbocycles. The van der Waals surface area contributed by atoms with Crippen LogP contribution in [0.4, 0.5) is 18.9 Å². The van der Waals surface area contributed by atoms with Gasteiger partial charge in [-0.25, -0.2) is 0 Å². The molecule has 134 valence electrons. The molecule has 8 heteroatoms. The molecule has 0 aliphatic carbocycles. The number of nitrogens with zero attached hydrogens (tertiary/aromatic N) is 1. The minimum Gasteiger partial charge on any atom is -0.488 e. The predicted molar refractivity (Wildman–Crippen MR) is 86.6 cm³/mol. The fraction of sp³-hybridized carbons (Fsp3) is 0.294. The summed E-state index contributed by atoms with van der Waals surface area (Å²) in [6, 6.07) is 7.35. The Kier molecular flexibility index (Phi) is 5.84. The highest BCUT2D eigenvalue weighted by atomic mass is 19.4. The highest BCUT2D eigenvalue weighted by molar-refractivity contribution is 5.90. The molecule has 2 rings (SSSR count). The summed E-state index contributed by atoms with van der Waals surface area (Å²) in [7, 11) is 0. The van der Waals surface area contributed by atoms with Gasteiger partial charge in [-0.2, -0.15) is 13.2 Å². The van der Waals surface area contributed by atoms with E-state index in [0.29, 0.717) is 6.61 Å². The van der Waals surface area contributed by atoms with E-state index in [-0.39, 0.29) is 18.0 Å². The van der Waals surface area contributed by atoms with Crippen molar-refractivity contribution in [2.45, 2.75) is 26.1 Å². The van der Waals surface area contributed by atoms with Crippen LogP contribution >= 0.6 is 0 Å². The van der Waals surface area contributed by atoms with Gasteiger partial charge in [0.05, 0.1) is 12.2 Å². The molecule has 1 aromatic carbocycles. The van der Waals surface area contributed by atoms with E-state index in [1.807, 2.05) is 6.92 Å².